The van der Waals surface area contributed by atoms with Gasteiger partial charge in [0.15, 0.2) is 5.82 Å². The van der Waals surface area contributed by atoms with Crippen LogP contribution in [0.3, 0.4) is 0 Å². The standard InChI is InChI=1S/C20H21ClN4O2/c1-13-8-9-14(2)17(12-13)22-20(26)25(3)11-10-18-23-19(27-24-18)15-6-4-5-7-16(15)21/h4-9,12H,10-11H2,1-3H3,(H,22,26). The first-order chi connectivity index (χ1) is 12.9. The number of anilines is 1. The van der Waals surface area contributed by atoms with Crippen LogP contribution in [0.5, 0.6) is 0 Å². The summed E-state index contributed by atoms with van der Waals surface area (Å²) in [6.07, 6.45) is 0.477. The Morgan fingerprint density at radius 3 is 2.78 bits per heavy atom. The second-order valence-electron chi connectivity index (χ2n) is 6.42. The molecule has 0 aliphatic carbocycles. The minimum atomic E-state index is -0.182. The second kappa shape index (κ2) is 8.22. The summed E-state index contributed by atoms with van der Waals surface area (Å²) in [5, 5.41) is 7.46. The molecule has 1 aromatic heterocycles. The highest BCUT2D eigenvalue weighted by Crippen LogP contribution is 2.25. The highest BCUT2D eigenvalue weighted by Gasteiger charge is 2.14. The minimum absolute atomic E-state index is 0.182. The van der Waals surface area contributed by atoms with Gasteiger partial charge in [-0.2, -0.15) is 4.98 Å². The van der Waals surface area contributed by atoms with E-state index in [4.69, 9.17) is 16.1 Å². The van der Waals surface area contributed by atoms with Crippen LogP contribution in [-0.4, -0.2) is 34.7 Å². The maximum atomic E-state index is 12.4. The van der Waals surface area contributed by atoms with E-state index in [2.05, 4.69) is 15.5 Å². The third kappa shape index (κ3) is 4.65. The molecule has 0 saturated heterocycles. The number of aromatic nitrogens is 2. The molecule has 27 heavy (non-hydrogen) atoms. The highest BCUT2D eigenvalue weighted by molar-refractivity contribution is 6.33. The number of carbonyl (C=O) groups excluding carboxylic acids is 1. The summed E-state index contributed by atoms with van der Waals surface area (Å²) in [6, 6.07) is 13.1. The van der Waals surface area contributed by atoms with E-state index in [1.807, 2.05) is 50.2 Å². The van der Waals surface area contributed by atoms with Crippen molar-refractivity contribution >= 4 is 23.3 Å². The lowest BCUT2D eigenvalue weighted by Crippen LogP contribution is -2.33. The molecule has 0 atom stereocenters. The Hall–Kier alpha value is -2.86. The van der Waals surface area contributed by atoms with Gasteiger partial charge in [0.1, 0.15) is 0 Å². The van der Waals surface area contributed by atoms with Crippen LogP contribution in [0.4, 0.5) is 10.5 Å². The summed E-state index contributed by atoms with van der Waals surface area (Å²) >= 11 is 6.15. The summed E-state index contributed by atoms with van der Waals surface area (Å²) in [4.78, 5) is 18.4. The zero-order chi connectivity index (χ0) is 19.4. The molecular formula is C20H21ClN4O2. The van der Waals surface area contributed by atoms with E-state index in [0.717, 1.165) is 16.8 Å². The lowest BCUT2D eigenvalue weighted by Gasteiger charge is -2.18. The van der Waals surface area contributed by atoms with Crippen molar-refractivity contribution in [3.8, 4) is 11.5 Å². The van der Waals surface area contributed by atoms with Crippen LogP contribution in [0.1, 0.15) is 17.0 Å². The maximum Gasteiger partial charge on any atom is 0.321 e. The molecule has 0 aliphatic rings. The third-order valence-corrected chi connectivity index (χ3v) is 4.55. The highest BCUT2D eigenvalue weighted by atomic mass is 35.5. The van der Waals surface area contributed by atoms with E-state index in [0.29, 0.717) is 35.3 Å². The molecule has 140 valence electrons. The van der Waals surface area contributed by atoms with Crippen molar-refractivity contribution < 1.29 is 9.32 Å². The van der Waals surface area contributed by atoms with Gasteiger partial charge in [0, 0.05) is 25.7 Å². The average Bonchev–Trinajstić information content (AvgIpc) is 3.11. The molecule has 0 saturated carbocycles. The number of nitrogens with one attached hydrogen (secondary N) is 1. The van der Waals surface area contributed by atoms with Gasteiger partial charge in [0.05, 0.1) is 10.6 Å². The van der Waals surface area contributed by atoms with Gasteiger partial charge in [0.25, 0.3) is 5.89 Å². The van der Waals surface area contributed by atoms with Crippen molar-refractivity contribution in [2.24, 2.45) is 0 Å². The Balaban J connectivity index is 1.59. The number of rotatable bonds is 5. The zero-order valence-corrected chi connectivity index (χ0v) is 16.2. The average molecular weight is 385 g/mol. The molecule has 0 spiro atoms. The molecule has 0 aliphatic heterocycles. The molecule has 6 nitrogen and oxygen atoms in total. The molecule has 1 heterocycles. The molecule has 2 aromatic carbocycles. The lowest BCUT2D eigenvalue weighted by molar-refractivity contribution is 0.222. The van der Waals surface area contributed by atoms with Crippen molar-refractivity contribution in [3.63, 3.8) is 0 Å². The molecule has 3 aromatic rings. The van der Waals surface area contributed by atoms with Crippen LogP contribution in [0.15, 0.2) is 47.0 Å². The number of urea groups is 1. The first-order valence-electron chi connectivity index (χ1n) is 8.61. The van der Waals surface area contributed by atoms with Gasteiger partial charge < -0.3 is 14.7 Å². The second-order valence-corrected chi connectivity index (χ2v) is 6.82. The quantitative estimate of drug-likeness (QED) is 0.691. The summed E-state index contributed by atoms with van der Waals surface area (Å²) in [5.74, 6) is 0.898. The zero-order valence-electron chi connectivity index (χ0n) is 15.5. The fourth-order valence-corrected chi connectivity index (χ4v) is 2.77. The number of hydrogen-bond donors (Lipinski definition) is 1. The Morgan fingerprint density at radius 2 is 2.00 bits per heavy atom. The molecule has 3 rings (SSSR count). The number of likely N-dealkylation sites (N-methyl/N-ethyl adjacent to an activating group) is 1. The largest absolute Gasteiger partial charge is 0.334 e. The molecular weight excluding hydrogens is 364 g/mol. The molecule has 7 heteroatoms. The Kier molecular flexibility index (Phi) is 5.76. The fourth-order valence-electron chi connectivity index (χ4n) is 2.55. The van der Waals surface area contributed by atoms with Crippen LogP contribution in [0, 0.1) is 13.8 Å². The predicted octanol–water partition coefficient (Wildman–Crippen LogP) is 4.71. The van der Waals surface area contributed by atoms with Gasteiger partial charge in [-0.1, -0.05) is 41.0 Å². The summed E-state index contributed by atoms with van der Waals surface area (Å²) in [7, 11) is 1.73. The summed E-state index contributed by atoms with van der Waals surface area (Å²) < 4.78 is 5.28. The Morgan fingerprint density at radius 1 is 1.22 bits per heavy atom. The number of hydrogen-bond acceptors (Lipinski definition) is 4. The minimum Gasteiger partial charge on any atom is -0.334 e. The number of benzene rings is 2. The number of halogens is 1. The first kappa shape index (κ1) is 18.9. The summed E-state index contributed by atoms with van der Waals surface area (Å²) in [6.45, 7) is 4.41. The molecule has 0 unspecified atom stereocenters. The Labute approximate surface area is 163 Å². The molecule has 2 amide bonds. The number of nitrogens with zero attached hydrogens (tertiary/aromatic N) is 3. The van der Waals surface area contributed by atoms with E-state index < -0.39 is 0 Å². The van der Waals surface area contributed by atoms with Gasteiger partial charge in [-0.05, 0) is 43.2 Å². The lowest BCUT2D eigenvalue weighted by atomic mass is 10.1. The number of aryl methyl sites for hydroxylation is 2. The van der Waals surface area contributed by atoms with E-state index in [1.165, 1.54) is 0 Å². The van der Waals surface area contributed by atoms with Gasteiger partial charge in [0.2, 0.25) is 0 Å². The molecule has 0 radical (unpaired) electrons. The van der Waals surface area contributed by atoms with Crippen molar-refractivity contribution in [2.45, 2.75) is 20.3 Å². The maximum absolute atomic E-state index is 12.4. The number of amides is 2. The monoisotopic (exact) mass is 384 g/mol. The van der Waals surface area contributed by atoms with Crippen molar-refractivity contribution in [3.05, 3.63) is 64.4 Å². The van der Waals surface area contributed by atoms with Gasteiger partial charge in [-0.25, -0.2) is 4.79 Å². The topological polar surface area (TPSA) is 71.3 Å². The van der Waals surface area contributed by atoms with Crippen molar-refractivity contribution in [1.29, 1.82) is 0 Å². The van der Waals surface area contributed by atoms with Crippen LogP contribution < -0.4 is 5.32 Å². The normalized spacial score (nSPS) is 10.7. The van der Waals surface area contributed by atoms with E-state index in [-0.39, 0.29) is 6.03 Å². The molecule has 0 bridgehead atoms. The fraction of sp³-hybridized carbons (Fsp3) is 0.250. The summed E-state index contributed by atoms with van der Waals surface area (Å²) in [5.41, 5.74) is 3.62. The van der Waals surface area contributed by atoms with Gasteiger partial charge in [-0.3, -0.25) is 0 Å². The SMILES string of the molecule is Cc1ccc(C)c(NC(=O)N(C)CCc2noc(-c3ccccc3Cl)n2)c1. The predicted molar refractivity (Wildman–Crippen MR) is 106 cm³/mol. The van der Waals surface area contributed by atoms with E-state index >= 15 is 0 Å². The smallest absolute Gasteiger partial charge is 0.321 e. The Bertz CT molecular complexity index is 955. The van der Waals surface area contributed by atoms with E-state index in [9.17, 15) is 4.79 Å². The van der Waals surface area contributed by atoms with Crippen molar-refractivity contribution in [1.82, 2.24) is 15.0 Å². The van der Waals surface area contributed by atoms with Crippen LogP contribution >= 0.6 is 11.6 Å². The molecule has 1 N–H and O–H groups in total. The number of carbonyl (C=O) groups is 1. The van der Waals surface area contributed by atoms with Crippen LogP contribution in [0.25, 0.3) is 11.5 Å². The van der Waals surface area contributed by atoms with E-state index in [1.54, 1.807) is 18.0 Å². The van der Waals surface area contributed by atoms with Gasteiger partial charge >= 0.3 is 6.03 Å². The van der Waals surface area contributed by atoms with Crippen molar-refractivity contribution in [2.75, 3.05) is 18.9 Å². The first-order valence-corrected chi connectivity index (χ1v) is 8.98. The third-order valence-electron chi connectivity index (χ3n) is 4.22. The van der Waals surface area contributed by atoms with Crippen LogP contribution in [0.2, 0.25) is 5.02 Å². The molecule has 0 fully saturated rings. The van der Waals surface area contributed by atoms with Crippen LogP contribution in [-0.2, 0) is 6.42 Å². The van der Waals surface area contributed by atoms with Gasteiger partial charge in [-0.15, -0.1) is 0 Å².